The van der Waals surface area contributed by atoms with Gasteiger partial charge in [-0.3, -0.25) is 4.79 Å². The molecule has 0 aliphatic carbocycles. The molecule has 0 radical (unpaired) electrons. The van der Waals surface area contributed by atoms with Crippen LogP contribution >= 0.6 is 11.8 Å². The van der Waals surface area contributed by atoms with Crippen molar-refractivity contribution in [1.82, 2.24) is 10.2 Å². The average Bonchev–Trinajstić information content (AvgIpc) is 3.31. The molecule has 1 atom stereocenters. The largest absolute Gasteiger partial charge is 0.497 e. The van der Waals surface area contributed by atoms with E-state index in [1.807, 2.05) is 48.5 Å². The van der Waals surface area contributed by atoms with Crippen molar-refractivity contribution >= 4 is 17.5 Å². The third kappa shape index (κ3) is 4.62. The van der Waals surface area contributed by atoms with Crippen molar-refractivity contribution < 1.29 is 18.7 Å². The van der Waals surface area contributed by atoms with Crippen LogP contribution in [0.2, 0.25) is 0 Å². The van der Waals surface area contributed by atoms with Gasteiger partial charge in [-0.25, -0.2) is 0 Å². The minimum Gasteiger partial charge on any atom is -0.497 e. The molecule has 0 spiro atoms. The number of methoxy groups -OCH3 is 2. The van der Waals surface area contributed by atoms with Gasteiger partial charge >= 0.3 is 0 Å². The van der Waals surface area contributed by atoms with Gasteiger partial charge in [-0.15, -0.1) is 10.2 Å². The van der Waals surface area contributed by atoms with E-state index < -0.39 is 5.25 Å². The molecule has 3 aromatic carbocycles. The summed E-state index contributed by atoms with van der Waals surface area (Å²) in [4.78, 5) is 13.3. The van der Waals surface area contributed by atoms with Crippen molar-refractivity contribution in [1.29, 1.82) is 0 Å². The average molecular weight is 433 g/mol. The molecule has 1 aromatic heterocycles. The number of aromatic nitrogens is 2. The molecule has 0 N–H and O–H groups in total. The summed E-state index contributed by atoms with van der Waals surface area (Å²) < 4.78 is 16.6. The summed E-state index contributed by atoms with van der Waals surface area (Å²) >= 11 is 1.23. The lowest BCUT2D eigenvalue weighted by Crippen LogP contribution is -2.10. The highest BCUT2D eigenvalue weighted by Crippen LogP contribution is 2.39. The fourth-order valence-electron chi connectivity index (χ4n) is 3.10. The summed E-state index contributed by atoms with van der Waals surface area (Å²) in [6.45, 7) is 0. The first-order valence-electron chi connectivity index (χ1n) is 9.56. The summed E-state index contributed by atoms with van der Waals surface area (Å²) in [5, 5.41) is 8.10. The van der Waals surface area contributed by atoms with E-state index >= 15 is 0 Å². The maximum absolute atomic E-state index is 13.3. The summed E-state index contributed by atoms with van der Waals surface area (Å²) in [6.07, 6.45) is 0. The third-order valence-electron chi connectivity index (χ3n) is 4.66. The van der Waals surface area contributed by atoms with E-state index in [0.29, 0.717) is 33.7 Å². The number of hydrogen-bond donors (Lipinski definition) is 0. The Kier molecular flexibility index (Phi) is 6.33. The van der Waals surface area contributed by atoms with Crippen LogP contribution in [-0.2, 0) is 0 Å². The Labute approximate surface area is 184 Å². The zero-order chi connectivity index (χ0) is 21.6. The molecule has 0 bridgehead atoms. The van der Waals surface area contributed by atoms with E-state index in [-0.39, 0.29) is 5.78 Å². The highest BCUT2D eigenvalue weighted by Gasteiger charge is 2.26. The number of benzene rings is 3. The molecule has 0 aliphatic rings. The minimum absolute atomic E-state index is 0.0291. The fourth-order valence-corrected chi connectivity index (χ4v) is 4.05. The predicted octanol–water partition coefficient (Wildman–Crippen LogP) is 5.47. The smallest absolute Gasteiger partial charge is 0.277 e. The first-order valence-corrected chi connectivity index (χ1v) is 10.4. The van der Waals surface area contributed by atoms with Gasteiger partial charge in [0.25, 0.3) is 11.1 Å². The predicted molar refractivity (Wildman–Crippen MR) is 119 cm³/mol. The number of rotatable bonds is 8. The Morgan fingerprint density at radius 1 is 0.903 bits per heavy atom. The number of Topliss-reactive ketones (excluding diaryl/α,β-unsaturated/α-hetero) is 1. The second-order valence-electron chi connectivity index (χ2n) is 6.58. The molecule has 1 unspecified atom stereocenters. The van der Waals surface area contributed by atoms with Gasteiger partial charge in [0.05, 0.1) is 19.8 Å². The normalized spacial score (nSPS) is 11.7. The first-order chi connectivity index (χ1) is 15.2. The number of thioether (sulfide) groups is 1. The topological polar surface area (TPSA) is 74.5 Å². The summed E-state index contributed by atoms with van der Waals surface area (Å²) in [5.74, 6) is 1.49. The summed E-state index contributed by atoms with van der Waals surface area (Å²) in [5.41, 5.74) is 2.14. The van der Waals surface area contributed by atoms with Crippen molar-refractivity contribution in [3.63, 3.8) is 0 Å². The van der Waals surface area contributed by atoms with Crippen molar-refractivity contribution in [3.8, 4) is 23.0 Å². The SMILES string of the molecule is COc1ccc(-c2nnc(SC(C(=O)c3ccccc3)c3ccccc3)o2)c(OC)c1. The molecule has 0 aliphatic heterocycles. The second kappa shape index (κ2) is 9.49. The molecule has 31 heavy (non-hydrogen) atoms. The van der Waals surface area contributed by atoms with E-state index in [2.05, 4.69) is 10.2 Å². The minimum atomic E-state index is -0.519. The maximum Gasteiger partial charge on any atom is 0.277 e. The molecule has 7 heteroatoms. The standard InChI is InChI=1S/C24H20N2O4S/c1-28-18-13-14-19(20(15-18)29-2)23-25-26-24(30-23)31-22(17-11-7-4-8-12-17)21(27)16-9-5-3-6-10-16/h3-15,22H,1-2H3. The molecule has 0 saturated heterocycles. The number of nitrogens with zero attached hydrogens (tertiary/aromatic N) is 2. The molecular formula is C24H20N2O4S. The molecular weight excluding hydrogens is 412 g/mol. The quantitative estimate of drug-likeness (QED) is 0.270. The Hall–Kier alpha value is -3.58. The van der Waals surface area contributed by atoms with Gasteiger partial charge in [-0.05, 0) is 29.5 Å². The van der Waals surface area contributed by atoms with E-state index in [0.717, 1.165) is 5.56 Å². The lowest BCUT2D eigenvalue weighted by molar-refractivity contribution is 0.0989. The monoisotopic (exact) mass is 432 g/mol. The van der Waals surface area contributed by atoms with E-state index in [1.165, 1.54) is 11.8 Å². The second-order valence-corrected chi connectivity index (χ2v) is 7.63. The number of carbonyl (C=O) groups is 1. The van der Waals surface area contributed by atoms with Crippen LogP contribution in [0.25, 0.3) is 11.5 Å². The molecule has 4 rings (SSSR count). The molecule has 4 aromatic rings. The molecule has 0 fully saturated rings. The van der Waals surface area contributed by atoms with Gasteiger partial charge in [-0.1, -0.05) is 60.7 Å². The fraction of sp³-hybridized carbons (Fsp3) is 0.125. The van der Waals surface area contributed by atoms with Crippen LogP contribution in [0.4, 0.5) is 0 Å². The zero-order valence-corrected chi connectivity index (χ0v) is 17.8. The Balaban J connectivity index is 1.65. The Bertz CT molecular complexity index is 1160. The summed E-state index contributed by atoms with van der Waals surface area (Å²) in [6, 6.07) is 24.1. The summed E-state index contributed by atoms with van der Waals surface area (Å²) in [7, 11) is 3.15. The van der Waals surface area contributed by atoms with Crippen molar-refractivity contribution in [2.75, 3.05) is 14.2 Å². The highest BCUT2D eigenvalue weighted by atomic mass is 32.2. The first kappa shape index (κ1) is 20.7. The van der Waals surface area contributed by atoms with Gasteiger partial charge in [-0.2, -0.15) is 0 Å². The molecule has 156 valence electrons. The van der Waals surface area contributed by atoms with Crippen LogP contribution in [0.15, 0.2) is 88.5 Å². The number of hydrogen-bond acceptors (Lipinski definition) is 7. The van der Waals surface area contributed by atoms with Crippen molar-refractivity contribution in [3.05, 3.63) is 90.0 Å². The van der Waals surface area contributed by atoms with Crippen LogP contribution in [0.1, 0.15) is 21.2 Å². The van der Waals surface area contributed by atoms with Crippen molar-refractivity contribution in [2.45, 2.75) is 10.5 Å². The van der Waals surface area contributed by atoms with Crippen LogP contribution in [0, 0.1) is 0 Å². The molecule has 6 nitrogen and oxygen atoms in total. The number of carbonyl (C=O) groups excluding carboxylic acids is 1. The molecule has 0 amide bonds. The zero-order valence-electron chi connectivity index (χ0n) is 17.0. The van der Waals surface area contributed by atoms with E-state index in [1.54, 1.807) is 44.6 Å². The molecule has 1 heterocycles. The number of ether oxygens (including phenoxy) is 2. The Morgan fingerprint density at radius 2 is 1.61 bits per heavy atom. The van der Waals surface area contributed by atoms with Crippen LogP contribution < -0.4 is 9.47 Å². The maximum atomic E-state index is 13.3. The van der Waals surface area contributed by atoms with Crippen LogP contribution in [0.5, 0.6) is 11.5 Å². The Morgan fingerprint density at radius 3 is 2.29 bits per heavy atom. The highest BCUT2D eigenvalue weighted by molar-refractivity contribution is 8.00. The number of ketones is 1. The molecule has 0 saturated carbocycles. The third-order valence-corrected chi connectivity index (χ3v) is 5.75. The van der Waals surface area contributed by atoms with E-state index in [9.17, 15) is 4.79 Å². The van der Waals surface area contributed by atoms with Gasteiger partial charge in [0.2, 0.25) is 0 Å². The van der Waals surface area contributed by atoms with Gasteiger partial charge in [0.15, 0.2) is 5.78 Å². The van der Waals surface area contributed by atoms with Gasteiger partial charge in [0, 0.05) is 11.6 Å². The van der Waals surface area contributed by atoms with Crippen LogP contribution in [0.3, 0.4) is 0 Å². The lowest BCUT2D eigenvalue weighted by Gasteiger charge is -2.14. The van der Waals surface area contributed by atoms with Gasteiger partial charge in [0.1, 0.15) is 16.7 Å². The van der Waals surface area contributed by atoms with Crippen molar-refractivity contribution in [2.24, 2.45) is 0 Å². The van der Waals surface area contributed by atoms with Gasteiger partial charge < -0.3 is 13.9 Å². The van der Waals surface area contributed by atoms with Crippen LogP contribution in [-0.4, -0.2) is 30.2 Å². The van der Waals surface area contributed by atoms with E-state index in [4.69, 9.17) is 13.9 Å². The lowest BCUT2D eigenvalue weighted by atomic mass is 10.0.